The molecule has 0 fully saturated rings. The van der Waals surface area contributed by atoms with Gasteiger partial charge in [-0.15, -0.1) is 0 Å². The van der Waals surface area contributed by atoms with Gasteiger partial charge in [0.05, 0.1) is 12.7 Å². The van der Waals surface area contributed by atoms with Crippen molar-refractivity contribution >= 4 is 0 Å². The van der Waals surface area contributed by atoms with Gasteiger partial charge in [0.15, 0.2) is 0 Å². The van der Waals surface area contributed by atoms with Gasteiger partial charge in [-0.1, -0.05) is 44.9 Å². The van der Waals surface area contributed by atoms with Gasteiger partial charge in [-0.05, 0) is 30.4 Å². The predicted molar refractivity (Wildman–Crippen MR) is 74.0 cm³/mol. The summed E-state index contributed by atoms with van der Waals surface area (Å²) in [5.74, 6) is 1.84. The maximum absolute atomic E-state index is 10.5. The molecule has 0 aliphatic carbocycles. The smallest absolute Gasteiger partial charge is 0.122 e. The number of aliphatic hydroxyl groups excluding tert-OH is 1. The molecule has 0 bridgehead atoms. The molecule has 0 saturated carbocycles. The maximum atomic E-state index is 10.5. The monoisotopic (exact) mass is 248 g/mol. The van der Waals surface area contributed by atoms with Crippen LogP contribution in [-0.4, -0.2) is 17.8 Å². The van der Waals surface area contributed by atoms with Crippen molar-refractivity contribution in [3.05, 3.63) is 29.8 Å². The molecule has 0 radical (unpaired) electrons. The molecule has 1 aliphatic rings. The zero-order valence-electron chi connectivity index (χ0n) is 11.4. The predicted octanol–water partition coefficient (Wildman–Crippen LogP) is 3.74. The highest BCUT2D eigenvalue weighted by Crippen LogP contribution is 2.37. The second-order valence-corrected chi connectivity index (χ2v) is 5.27. The molecule has 2 heteroatoms. The van der Waals surface area contributed by atoms with Crippen molar-refractivity contribution in [2.24, 2.45) is 5.92 Å². The van der Waals surface area contributed by atoms with Crippen molar-refractivity contribution in [1.29, 1.82) is 0 Å². The molecular formula is C16H24O2. The lowest BCUT2D eigenvalue weighted by atomic mass is 9.83. The van der Waals surface area contributed by atoms with E-state index < -0.39 is 0 Å². The first-order valence-electron chi connectivity index (χ1n) is 7.16. The Kier molecular flexibility index (Phi) is 4.65. The van der Waals surface area contributed by atoms with Crippen molar-refractivity contribution in [3.63, 3.8) is 0 Å². The molecule has 1 heterocycles. The summed E-state index contributed by atoms with van der Waals surface area (Å²) in [6, 6.07) is 8.12. The molecule has 0 spiro atoms. The number of fused-ring (bicyclic) bond motifs is 1. The van der Waals surface area contributed by atoms with E-state index >= 15 is 0 Å². The third-order valence-corrected chi connectivity index (χ3v) is 4.20. The van der Waals surface area contributed by atoms with E-state index in [0.717, 1.165) is 38.0 Å². The van der Waals surface area contributed by atoms with Gasteiger partial charge in [-0.2, -0.15) is 0 Å². The summed E-state index contributed by atoms with van der Waals surface area (Å²) in [4.78, 5) is 0. The number of rotatable bonds is 5. The third kappa shape index (κ3) is 2.86. The molecule has 1 aliphatic heterocycles. The standard InChI is InChI=1S/C16H24O2/c1-3-12(4-2)11-15(17)13-9-10-18-16-8-6-5-7-14(13)16/h5-8,12-13,15,17H,3-4,9-11H2,1-2H3. The highest BCUT2D eigenvalue weighted by molar-refractivity contribution is 5.38. The van der Waals surface area contributed by atoms with E-state index in [4.69, 9.17) is 4.74 Å². The van der Waals surface area contributed by atoms with E-state index in [2.05, 4.69) is 19.9 Å². The summed E-state index contributed by atoms with van der Waals surface area (Å²) in [6.45, 7) is 5.14. The largest absolute Gasteiger partial charge is 0.493 e. The Bertz CT molecular complexity index is 371. The van der Waals surface area contributed by atoms with Crippen LogP contribution in [0.5, 0.6) is 5.75 Å². The van der Waals surface area contributed by atoms with Crippen LogP contribution in [0.2, 0.25) is 0 Å². The zero-order valence-corrected chi connectivity index (χ0v) is 11.4. The van der Waals surface area contributed by atoms with Crippen molar-refractivity contribution in [1.82, 2.24) is 0 Å². The van der Waals surface area contributed by atoms with Crippen LogP contribution < -0.4 is 4.74 Å². The summed E-state index contributed by atoms with van der Waals surface area (Å²) in [5.41, 5.74) is 1.18. The Balaban J connectivity index is 2.10. The average Bonchev–Trinajstić information content (AvgIpc) is 2.43. The van der Waals surface area contributed by atoms with Crippen LogP contribution in [0, 0.1) is 5.92 Å². The Labute approximate surface area is 110 Å². The first-order valence-corrected chi connectivity index (χ1v) is 7.16. The van der Waals surface area contributed by atoms with Gasteiger partial charge < -0.3 is 9.84 Å². The van der Waals surface area contributed by atoms with Crippen LogP contribution in [0.4, 0.5) is 0 Å². The fourth-order valence-electron chi connectivity index (χ4n) is 2.90. The van der Waals surface area contributed by atoms with Gasteiger partial charge in [0.25, 0.3) is 0 Å². The lowest BCUT2D eigenvalue weighted by Crippen LogP contribution is -2.26. The van der Waals surface area contributed by atoms with Crippen LogP contribution in [0.3, 0.4) is 0 Å². The fourth-order valence-corrected chi connectivity index (χ4v) is 2.90. The van der Waals surface area contributed by atoms with Crippen LogP contribution in [0.1, 0.15) is 51.0 Å². The summed E-state index contributed by atoms with van der Waals surface area (Å²) < 4.78 is 5.65. The topological polar surface area (TPSA) is 29.5 Å². The SMILES string of the molecule is CCC(CC)CC(O)C1CCOc2ccccc21. The molecule has 18 heavy (non-hydrogen) atoms. The lowest BCUT2D eigenvalue weighted by Gasteiger charge is -2.31. The minimum Gasteiger partial charge on any atom is -0.493 e. The van der Waals surface area contributed by atoms with Crippen LogP contribution in [0.25, 0.3) is 0 Å². The van der Waals surface area contributed by atoms with Crippen molar-refractivity contribution in [2.45, 2.75) is 51.6 Å². The van der Waals surface area contributed by atoms with Gasteiger partial charge >= 0.3 is 0 Å². The number of hydrogen-bond acceptors (Lipinski definition) is 2. The Morgan fingerprint density at radius 1 is 1.28 bits per heavy atom. The molecule has 2 rings (SSSR count). The van der Waals surface area contributed by atoms with E-state index in [1.165, 1.54) is 5.56 Å². The molecule has 2 unspecified atom stereocenters. The van der Waals surface area contributed by atoms with E-state index in [0.29, 0.717) is 5.92 Å². The van der Waals surface area contributed by atoms with Crippen molar-refractivity contribution in [2.75, 3.05) is 6.61 Å². The number of hydrogen-bond donors (Lipinski definition) is 1. The Morgan fingerprint density at radius 3 is 2.72 bits per heavy atom. The summed E-state index contributed by atoms with van der Waals surface area (Å²) >= 11 is 0. The normalized spacial score (nSPS) is 20.3. The van der Waals surface area contributed by atoms with E-state index in [1.807, 2.05) is 18.2 Å². The molecule has 0 aromatic heterocycles. The van der Waals surface area contributed by atoms with Gasteiger partial charge in [-0.3, -0.25) is 0 Å². The molecule has 1 aromatic carbocycles. The minimum absolute atomic E-state index is 0.236. The van der Waals surface area contributed by atoms with Crippen molar-refractivity contribution in [3.8, 4) is 5.75 Å². The second kappa shape index (κ2) is 6.24. The highest BCUT2D eigenvalue weighted by Gasteiger charge is 2.28. The van der Waals surface area contributed by atoms with Gasteiger partial charge in [-0.25, -0.2) is 0 Å². The molecule has 100 valence electrons. The maximum Gasteiger partial charge on any atom is 0.122 e. The first kappa shape index (κ1) is 13.4. The Hall–Kier alpha value is -1.02. The van der Waals surface area contributed by atoms with E-state index in [-0.39, 0.29) is 12.0 Å². The highest BCUT2D eigenvalue weighted by atomic mass is 16.5. The molecule has 1 N–H and O–H groups in total. The second-order valence-electron chi connectivity index (χ2n) is 5.27. The van der Waals surface area contributed by atoms with Gasteiger partial charge in [0, 0.05) is 5.92 Å². The minimum atomic E-state index is -0.236. The Morgan fingerprint density at radius 2 is 2.00 bits per heavy atom. The fraction of sp³-hybridized carbons (Fsp3) is 0.625. The number of para-hydroxylation sites is 1. The average molecular weight is 248 g/mol. The summed E-state index contributed by atoms with van der Waals surface area (Å²) in [6.07, 6.45) is 3.90. The molecule has 2 nitrogen and oxygen atoms in total. The third-order valence-electron chi connectivity index (χ3n) is 4.20. The van der Waals surface area contributed by atoms with Crippen LogP contribution >= 0.6 is 0 Å². The number of ether oxygens (including phenoxy) is 1. The first-order chi connectivity index (χ1) is 8.76. The van der Waals surface area contributed by atoms with E-state index in [1.54, 1.807) is 0 Å². The molecule has 0 amide bonds. The van der Waals surface area contributed by atoms with Crippen molar-refractivity contribution < 1.29 is 9.84 Å². The molecule has 1 aromatic rings. The van der Waals surface area contributed by atoms with Gasteiger partial charge in [0.2, 0.25) is 0 Å². The zero-order chi connectivity index (χ0) is 13.0. The van der Waals surface area contributed by atoms with Crippen LogP contribution in [0.15, 0.2) is 24.3 Å². The molecule has 2 atom stereocenters. The number of benzene rings is 1. The summed E-state index contributed by atoms with van der Waals surface area (Å²) in [5, 5.41) is 10.5. The molecule has 0 saturated heterocycles. The van der Waals surface area contributed by atoms with Crippen LogP contribution in [-0.2, 0) is 0 Å². The summed E-state index contributed by atoms with van der Waals surface area (Å²) in [7, 11) is 0. The molecular weight excluding hydrogens is 224 g/mol. The quantitative estimate of drug-likeness (QED) is 0.860. The van der Waals surface area contributed by atoms with Gasteiger partial charge in [0.1, 0.15) is 5.75 Å². The lowest BCUT2D eigenvalue weighted by molar-refractivity contribution is 0.0908. The van der Waals surface area contributed by atoms with E-state index in [9.17, 15) is 5.11 Å². The number of aliphatic hydroxyl groups is 1.